The summed E-state index contributed by atoms with van der Waals surface area (Å²) in [6.07, 6.45) is 0. The van der Waals surface area contributed by atoms with E-state index in [2.05, 4.69) is 0 Å². The molecule has 0 spiro atoms. The Morgan fingerprint density at radius 1 is 0.905 bits per heavy atom. The van der Waals surface area contributed by atoms with E-state index in [1.165, 1.54) is 26.4 Å². The van der Waals surface area contributed by atoms with E-state index in [0.717, 1.165) is 18.2 Å². The Bertz CT molecular complexity index is 676. The van der Waals surface area contributed by atoms with Crippen LogP contribution in [-0.2, 0) is 0 Å². The number of carbonyl (C=O) groups is 1. The maximum atomic E-state index is 13.8. The Morgan fingerprint density at radius 3 is 2.00 bits per heavy atom. The molecule has 0 bridgehead atoms. The summed E-state index contributed by atoms with van der Waals surface area (Å²) in [5, 5.41) is 0. The minimum absolute atomic E-state index is 0.0533. The van der Waals surface area contributed by atoms with Crippen molar-refractivity contribution in [2.24, 2.45) is 0 Å². The lowest BCUT2D eigenvalue weighted by atomic mass is 10.0. The molecular formula is C15H11F3O3. The van der Waals surface area contributed by atoms with E-state index >= 15 is 0 Å². The molecule has 0 aliphatic carbocycles. The Morgan fingerprint density at radius 2 is 1.52 bits per heavy atom. The van der Waals surface area contributed by atoms with Crippen LogP contribution in [0, 0.1) is 17.5 Å². The zero-order chi connectivity index (χ0) is 15.6. The number of halogens is 3. The van der Waals surface area contributed by atoms with Crippen molar-refractivity contribution in [1.29, 1.82) is 0 Å². The standard InChI is InChI=1S/C15H11F3O3/c1-20-9-6-11(17)14(12(18)7-9)15(19)8-3-4-13(21-2)10(16)5-8/h3-7H,1-2H3. The van der Waals surface area contributed by atoms with Crippen LogP contribution >= 0.6 is 0 Å². The lowest BCUT2D eigenvalue weighted by molar-refractivity contribution is 0.103. The van der Waals surface area contributed by atoms with Crippen molar-refractivity contribution in [3.05, 3.63) is 58.9 Å². The second-order valence-corrected chi connectivity index (χ2v) is 4.14. The molecule has 0 aromatic heterocycles. The third-order valence-corrected chi connectivity index (χ3v) is 2.89. The highest BCUT2D eigenvalue weighted by Crippen LogP contribution is 2.25. The van der Waals surface area contributed by atoms with Gasteiger partial charge in [0.05, 0.1) is 19.8 Å². The second-order valence-electron chi connectivity index (χ2n) is 4.14. The minimum atomic E-state index is -1.08. The van der Waals surface area contributed by atoms with E-state index in [1.807, 2.05) is 0 Å². The summed E-state index contributed by atoms with van der Waals surface area (Å²) < 4.78 is 50.6. The normalized spacial score (nSPS) is 10.3. The Labute approximate surface area is 118 Å². The van der Waals surface area contributed by atoms with E-state index in [9.17, 15) is 18.0 Å². The molecule has 0 atom stereocenters. The first-order valence-electron chi connectivity index (χ1n) is 5.89. The van der Waals surface area contributed by atoms with Gasteiger partial charge in [-0.15, -0.1) is 0 Å². The van der Waals surface area contributed by atoms with Crippen molar-refractivity contribution in [2.45, 2.75) is 0 Å². The van der Waals surface area contributed by atoms with Gasteiger partial charge >= 0.3 is 0 Å². The zero-order valence-electron chi connectivity index (χ0n) is 11.2. The Balaban J connectivity index is 2.47. The van der Waals surface area contributed by atoms with Crippen LogP contribution in [0.25, 0.3) is 0 Å². The molecule has 0 amide bonds. The van der Waals surface area contributed by atoms with Crippen molar-refractivity contribution in [3.63, 3.8) is 0 Å². The van der Waals surface area contributed by atoms with Gasteiger partial charge < -0.3 is 9.47 Å². The fourth-order valence-electron chi connectivity index (χ4n) is 1.84. The Kier molecular flexibility index (Phi) is 4.16. The van der Waals surface area contributed by atoms with Gasteiger partial charge in [-0.2, -0.15) is 0 Å². The lowest BCUT2D eigenvalue weighted by Gasteiger charge is -2.08. The van der Waals surface area contributed by atoms with Crippen LogP contribution < -0.4 is 9.47 Å². The fraction of sp³-hybridized carbons (Fsp3) is 0.133. The largest absolute Gasteiger partial charge is 0.497 e. The lowest BCUT2D eigenvalue weighted by Crippen LogP contribution is -2.08. The molecule has 0 saturated heterocycles. The van der Waals surface area contributed by atoms with Gasteiger partial charge in [-0.3, -0.25) is 4.79 Å². The van der Waals surface area contributed by atoms with Crippen LogP contribution in [0.5, 0.6) is 11.5 Å². The summed E-state index contributed by atoms with van der Waals surface area (Å²) in [6.45, 7) is 0. The summed E-state index contributed by atoms with van der Waals surface area (Å²) in [6, 6.07) is 5.08. The molecule has 0 heterocycles. The van der Waals surface area contributed by atoms with Gasteiger partial charge in [0, 0.05) is 17.7 Å². The number of benzene rings is 2. The summed E-state index contributed by atoms with van der Waals surface area (Å²) >= 11 is 0. The van der Waals surface area contributed by atoms with E-state index in [4.69, 9.17) is 9.47 Å². The molecule has 3 nitrogen and oxygen atoms in total. The Hall–Kier alpha value is -2.50. The van der Waals surface area contributed by atoms with Gasteiger partial charge in [-0.1, -0.05) is 0 Å². The molecule has 2 aromatic carbocycles. The fourth-order valence-corrected chi connectivity index (χ4v) is 1.84. The minimum Gasteiger partial charge on any atom is -0.497 e. The van der Waals surface area contributed by atoms with Crippen molar-refractivity contribution >= 4 is 5.78 Å². The third kappa shape index (κ3) is 2.84. The number of methoxy groups -OCH3 is 2. The van der Waals surface area contributed by atoms with Crippen LogP contribution in [-0.4, -0.2) is 20.0 Å². The predicted octanol–water partition coefficient (Wildman–Crippen LogP) is 3.35. The van der Waals surface area contributed by atoms with E-state index < -0.39 is 28.8 Å². The van der Waals surface area contributed by atoms with Gasteiger partial charge in [0.1, 0.15) is 17.4 Å². The first kappa shape index (κ1) is 14.9. The molecule has 2 aromatic rings. The van der Waals surface area contributed by atoms with E-state index in [1.54, 1.807) is 0 Å². The third-order valence-electron chi connectivity index (χ3n) is 2.89. The number of ether oxygens (including phenoxy) is 2. The average molecular weight is 296 g/mol. The highest BCUT2D eigenvalue weighted by atomic mass is 19.1. The highest BCUT2D eigenvalue weighted by Gasteiger charge is 2.21. The molecule has 0 saturated carbocycles. The van der Waals surface area contributed by atoms with Crippen molar-refractivity contribution in [3.8, 4) is 11.5 Å². The highest BCUT2D eigenvalue weighted by molar-refractivity contribution is 6.09. The number of ketones is 1. The molecule has 0 unspecified atom stereocenters. The molecule has 0 N–H and O–H groups in total. The van der Waals surface area contributed by atoms with Gasteiger partial charge in [-0.05, 0) is 18.2 Å². The van der Waals surface area contributed by atoms with Crippen LogP contribution in [0.15, 0.2) is 30.3 Å². The van der Waals surface area contributed by atoms with Crippen molar-refractivity contribution < 1.29 is 27.4 Å². The van der Waals surface area contributed by atoms with Crippen LogP contribution in [0.1, 0.15) is 15.9 Å². The van der Waals surface area contributed by atoms with Crippen LogP contribution in [0.3, 0.4) is 0 Å². The quantitative estimate of drug-likeness (QED) is 0.812. The summed E-state index contributed by atoms with van der Waals surface area (Å²) in [7, 11) is 2.51. The molecule has 0 radical (unpaired) electrons. The summed E-state index contributed by atoms with van der Waals surface area (Å²) in [4.78, 5) is 12.1. The van der Waals surface area contributed by atoms with E-state index in [-0.39, 0.29) is 17.1 Å². The van der Waals surface area contributed by atoms with E-state index in [0.29, 0.717) is 0 Å². The molecule has 21 heavy (non-hydrogen) atoms. The SMILES string of the molecule is COc1cc(F)c(C(=O)c2ccc(OC)c(F)c2)c(F)c1. The van der Waals surface area contributed by atoms with Gasteiger partial charge in [0.2, 0.25) is 0 Å². The molecule has 0 fully saturated rings. The topological polar surface area (TPSA) is 35.5 Å². The van der Waals surface area contributed by atoms with Crippen molar-refractivity contribution in [2.75, 3.05) is 14.2 Å². The van der Waals surface area contributed by atoms with Crippen molar-refractivity contribution in [1.82, 2.24) is 0 Å². The number of hydrogen-bond donors (Lipinski definition) is 0. The summed E-state index contributed by atoms with van der Waals surface area (Å²) in [5.74, 6) is -4.03. The van der Waals surface area contributed by atoms with Gasteiger partial charge in [0.25, 0.3) is 0 Å². The number of rotatable bonds is 4. The molecule has 110 valence electrons. The molecule has 2 rings (SSSR count). The number of carbonyl (C=O) groups excluding carboxylic acids is 1. The first-order chi connectivity index (χ1) is 9.97. The molecule has 0 aliphatic rings. The monoisotopic (exact) mass is 296 g/mol. The first-order valence-corrected chi connectivity index (χ1v) is 5.89. The number of hydrogen-bond acceptors (Lipinski definition) is 3. The van der Waals surface area contributed by atoms with Gasteiger partial charge in [0.15, 0.2) is 17.3 Å². The maximum absolute atomic E-state index is 13.8. The zero-order valence-corrected chi connectivity index (χ0v) is 11.2. The maximum Gasteiger partial charge on any atom is 0.199 e. The average Bonchev–Trinajstić information content (AvgIpc) is 2.46. The predicted molar refractivity (Wildman–Crippen MR) is 69.3 cm³/mol. The summed E-state index contributed by atoms with van der Waals surface area (Å²) in [5.41, 5.74) is -0.948. The van der Waals surface area contributed by atoms with Gasteiger partial charge in [-0.25, -0.2) is 13.2 Å². The molecular weight excluding hydrogens is 285 g/mol. The molecule has 0 aliphatic heterocycles. The molecule has 6 heteroatoms. The second kappa shape index (κ2) is 5.87. The van der Waals surface area contributed by atoms with Crippen LogP contribution in [0.4, 0.5) is 13.2 Å². The van der Waals surface area contributed by atoms with Crippen LogP contribution in [0.2, 0.25) is 0 Å². The smallest absolute Gasteiger partial charge is 0.199 e.